The van der Waals surface area contributed by atoms with E-state index in [4.69, 9.17) is 5.73 Å². The summed E-state index contributed by atoms with van der Waals surface area (Å²) in [6, 6.07) is 5.33. The van der Waals surface area contributed by atoms with Gasteiger partial charge in [0.05, 0.1) is 34.5 Å². The van der Waals surface area contributed by atoms with Gasteiger partial charge in [0.2, 0.25) is 11.3 Å². The molecule has 320 valence electrons. The summed E-state index contributed by atoms with van der Waals surface area (Å²) in [7, 11) is 8.83. The number of fused-ring (bicyclic) bond motifs is 1. The van der Waals surface area contributed by atoms with Crippen molar-refractivity contribution < 1.29 is 32.8 Å². The van der Waals surface area contributed by atoms with Crippen LogP contribution in [0.1, 0.15) is 61.6 Å². The lowest BCUT2D eigenvalue weighted by atomic mass is 10.1. The fraction of sp³-hybridized carbons (Fsp3) is 0.350. The molecule has 0 aliphatic rings. The van der Waals surface area contributed by atoms with Crippen LogP contribution >= 0.6 is 0 Å². The summed E-state index contributed by atoms with van der Waals surface area (Å²) < 4.78 is 36.3. The van der Waals surface area contributed by atoms with Crippen LogP contribution in [0.25, 0.3) is 10.9 Å². The van der Waals surface area contributed by atoms with E-state index in [1.807, 2.05) is 25.9 Å². The van der Waals surface area contributed by atoms with Crippen LogP contribution in [0.5, 0.6) is 0 Å². The molecule has 60 heavy (non-hydrogen) atoms. The standard InChI is InChI=1S/C40H50F2N12O6/c1-7-12-54-22-27(36(56)26-17-28(41)34(44-11-9-43)33(42)35(26)54)37(57)46-18-32(55)47-23-14-30(52(5)19-23)39(59)49-25-16-31(53(6)21-25)40(60)48-24-15-29(51(4)20-24)38(58)45-10-8-13-50(2)3/h14-17,19-22,44H,7-13,18,43H2,1-6H3,(H,45,58)(H,46,57)(H,47,55)(H,48,60)(H,49,59). The number of carbonyl (C=O) groups is 5. The highest BCUT2D eigenvalue weighted by atomic mass is 19.1. The number of rotatable bonds is 18. The number of carbonyl (C=O) groups excluding carboxylic acids is 5. The molecule has 4 heterocycles. The van der Waals surface area contributed by atoms with Crippen LogP contribution in [0.3, 0.4) is 0 Å². The zero-order valence-corrected chi connectivity index (χ0v) is 34.3. The average molecular weight is 833 g/mol. The van der Waals surface area contributed by atoms with Crippen LogP contribution in [-0.4, -0.2) is 99.5 Å². The number of nitrogens with one attached hydrogen (secondary N) is 6. The van der Waals surface area contributed by atoms with Gasteiger partial charge in [-0.15, -0.1) is 0 Å². The van der Waals surface area contributed by atoms with Crippen LogP contribution in [0.15, 0.2) is 53.8 Å². The minimum Gasteiger partial charge on any atom is -0.379 e. The van der Waals surface area contributed by atoms with Gasteiger partial charge in [-0.05, 0) is 57.7 Å². The molecule has 1 aromatic carbocycles. The van der Waals surface area contributed by atoms with Gasteiger partial charge in [-0.25, -0.2) is 8.78 Å². The molecule has 5 amide bonds. The molecule has 20 heteroatoms. The van der Waals surface area contributed by atoms with E-state index in [-0.39, 0.29) is 53.5 Å². The van der Waals surface area contributed by atoms with Gasteiger partial charge in [0.25, 0.3) is 23.6 Å². The van der Waals surface area contributed by atoms with Gasteiger partial charge in [-0.2, -0.15) is 0 Å². The third kappa shape index (κ3) is 10.2. The predicted molar refractivity (Wildman–Crippen MR) is 225 cm³/mol. The summed E-state index contributed by atoms with van der Waals surface area (Å²) in [6.45, 7) is 2.98. The highest BCUT2D eigenvalue weighted by molar-refractivity contribution is 6.08. The average Bonchev–Trinajstić information content (AvgIpc) is 3.87. The van der Waals surface area contributed by atoms with Crippen LogP contribution < -0.4 is 43.1 Å². The number of nitrogens with zero attached hydrogens (tertiary/aromatic N) is 5. The number of hydrogen-bond donors (Lipinski definition) is 7. The summed E-state index contributed by atoms with van der Waals surface area (Å²) in [5.74, 6) is -4.92. The van der Waals surface area contributed by atoms with E-state index in [1.54, 1.807) is 44.2 Å². The van der Waals surface area contributed by atoms with Gasteiger partial charge >= 0.3 is 0 Å². The molecule has 0 bridgehead atoms. The number of halogens is 2. The molecule has 5 rings (SSSR count). The number of aryl methyl sites for hydroxylation is 4. The van der Waals surface area contributed by atoms with E-state index in [1.165, 1.54) is 38.2 Å². The monoisotopic (exact) mass is 832 g/mol. The third-order valence-corrected chi connectivity index (χ3v) is 9.40. The molecule has 4 aromatic heterocycles. The molecule has 8 N–H and O–H groups in total. The topological polar surface area (TPSA) is 224 Å². The van der Waals surface area contributed by atoms with Crippen molar-refractivity contribution in [1.82, 2.24) is 33.8 Å². The van der Waals surface area contributed by atoms with E-state index in [0.717, 1.165) is 19.0 Å². The largest absolute Gasteiger partial charge is 0.379 e. The van der Waals surface area contributed by atoms with Crippen molar-refractivity contribution >= 4 is 63.2 Å². The fourth-order valence-corrected chi connectivity index (χ4v) is 6.54. The van der Waals surface area contributed by atoms with Crippen molar-refractivity contribution in [3.05, 3.63) is 93.6 Å². The Bertz CT molecular complexity index is 2500. The smallest absolute Gasteiger partial charge is 0.272 e. The molecule has 0 aliphatic heterocycles. The Morgan fingerprint density at radius 1 is 0.733 bits per heavy atom. The Kier molecular flexibility index (Phi) is 14.3. The molecule has 0 fully saturated rings. The Labute approximate surface area is 344 Å². The number of aromatic nitrogens is 4. The van der Waals surface area contributed by atoms with E-state index < -0.39 is 58.5 Å². The summed E-state index contributed by atoms with van der Waals surface area (Å²) in [4.78, 5) is 80.5. The highest BCUT2D eigenvalue weighted by Gasteiger charge is 2.23. The van der Waals surface area contributed by atoms with Crippen LogP contribution in [0, 0.1) is 11.6 Å². The van der Waals surface area contributed by atoms with E-state index >= 15 is 4.39 Å². The minimum atomic E-state index is -1.02. The molecule has 5 aromatic rings. The van der Waals surface area contributed by atoms with Crippen LogP contribution in [0.2, 0.25) is 0 Å². The Balaban J connectivity index is 1.19. The summed E-state index contributed by atoms with van der Waals surface area (Å²) in [5, 5.41) is 15.6. The van der Waals surface area contributed by atoms with Gasteiger partial charge < -0.3 is 60.8 Å². The quantitative estimate of drug-likeness (QED) is 0.0644. The zero-order chi connectivity index (χ0) is 43.8. The molecular weight excluding hydrogens is 783 g/mol. The summed E-state index contributed by atoms with van der Waals surface area (Å²) in [5.41, 5.74) is 5.22. The molecular formula is C40H50F2N12O6. The number of nitrogens with two attached hydrogens (primary N) is 1. The van der Waals surface area contributed by atoms with Crippen LogP contribution in [0.4, 0.5) is 31.5 Å². The predicted octanol–water partition coefficient (Wildman–Crippen LogP) is 2.63. The molecule has 0 atom stereocenters. The second kappa shape index (κ2) is 19.3. The highest BCUT2D eigenvalue weighted by Crippen LogP contribution is 2.27. The lowest BCUT2D eigenvalue weighted by Gasteiger charge is -2.16. The maximum atomic E-state index is 15.5. The first-order valence-electron chi connectivity index (χ1n) is 19.1. The molecule has 0 saturated heterocycles. The molecule has 0 spiro atoms. The number of pyridine rings is 1. The van der Waals surface area contributed by atoms with Gasteiger partial charge in [-0.1, -0.05) is 6.92 Å². The van der Waals surface area contributed by atoms with Crippen molar-refractivity contribution in [3.63, 3.8) is 0 Å². The second-order valence-electron chi connectivity index (χ2n) is 14.5. The van der Waals surface area contributed by atoms with E-state index in [9.17, 15) is 33.2 Å². The van der Waals surface area contributed by atoms with Gasteiger partial charge in [0.15, 0.2) is 5.82 Å². The van der Waals surface area contributed by atoms with E-state index in [2.05, 4.69) is 31.9 Å². The van der Waals surface area contributed by atoms with E-state index in [0.29, 0.717) is 30.0 Å². The lowest BCUT2D eigenvalue weighted by molar-refractivity contribution is -0.115. The number of anilines is 4. The van der Waals surface area contributed by atoms with Gasteiger partial charge in [0.1, 0.15) is 34.1 Å². The molecule has 0 radical (unpaired) electrons. The van der Waals surface area contributed by atoms with Crippen molar-refractivity contribution in [2.45, 2.75) is 26.3 Å². The van der Waals surface area contributed by atoms with Crippen molar-refractivity contribution in [2.24, 2.45) is 26.9 Å². The SMILES string of the molecule is CCCn1cc(C(=O)NCC(=O)Nc2cc(C(=O)Nc3cc(C(=O)Nc4cc(C(=O)NCCCN(C)C)n(C)c4)n(C)c3)n(C)c2)c(=O)c2cc(F)c(NCCN)c(F)c21. The summed E-state index contributed by atoms with van der Waals surface area (Å²) in [6.07, 6.45) is 7.12. The third-order valence-electron chi connectivity index (χ3n) is 9.40. The Hall–Kier alpha value is -6.80. The second-order valence-corrected chi connectivity index (χ2v) is 14.5. The Morgan fingerprint density at radius 3 is 1.82 bits per heavy atom. The molecule has 0 unspecified atom stereocenters. The van der Waals surface area contributed by atoms with Crippen LogP contribution in [-0.2, 0) is 32.5 Å². The van der Waals surface area contributed by atoms with Gasteiger partial charge in [-0.3, -0.25) is 28.8 Å². The Morgan fingerprint density at radius 2 is 1.28 bits per heavy atom. The lowest BCUT2D eigenvalue weighted by Crippen LogP contribution is -2.36. The minimum absolute atomic E-state index is 0.0908. The first-order chi connectivity index (χ1) is 28.5. The first kappa shape index (κ1) is 44.3. The van der Waals surface area contributed by atoms with Crippen molar-refractivity contribution in [3.8, 4) is 0 Å². The normalized spacial score (nSPS) is 11.2. The zero-order valence-electron chi connectivity index (χ0n) is 34.3. The number of benzene rings is 1. The van der Waals surface area contributed by atoms with Crippen molar-refractivity contribution in [1.29, 1.82) is 0 Å². The number of amides is 5. The first-order valence-corrected chi connectivity index (χ1v) is 19.1. The molecule has 18 nitrogen and oxygen atoms in total. The van der Waals surface area contributed by atoms with Crippen molar-refractivity contribution in [2.75, 3.05) is 68.1 Å². The molecule has 0 saturated carbocycles. The van der Waals surface area contributed by atoms with Gasteiger partial charge in [0, 0.05) is 72.1 Å². The maximum Gasteiger partial charge on any atom is 0.272 e. The summed E-state index contributed by atoms with van der Waals surface area (Å²) >= 11 is 0. The molecule has 0 aliphatic carbocycles. The fourth-order valence-electron chi connectivity index (χ4n) is 6.54. The maximum absolute atomic E-state index is 15.5. The number of hydrogen-bond acceptors (Lipinski definition) is 9.